The molecule has 0 fully saturated rings. The Bertz CT molecular complexity index is 798. The van der Waals surface area contributed by atoms with Crippen LogP contribution < -0.4 is 5.73 Å². The molecular formula is C26H34N2. The molecule has 0 radical (unpaired) electrons. The molecule has 0 amide bonds. The van der Waals surface area contributed by atoms with Gasteiger partial charge in [0.15, 0.2) is 0 Å². The average molecular weight is 375 g/mol. The molecule has 0 spiro atoms. The number of nitrogens with two attached hydrogens (primary N) is 1. The van der Waals surface area contributed by atoms with Gasteiger partial charge in [0.1, 0.15) is 0 Å². The van der Waals surface area contributed by atoms with E-state index in [4.69, 9.17) is 11.1 Å². The third-order valence-electron chi connectivity index (χ3n) is 5.59. The monoisotopic (exact) mass is 374 g/mol. The van der Waals surface area contributed by atoms with Gasteiger partial charge in [-0.1, -0.05) is 61.7 Å². The van der Waals surface area contributed by atoms with Crippen LogP contribution in [0.3, 0.4) is 0 Å². The van der Waals surface area contributed by atoms with Crippen molar-refractivity contribution < 1.29 is 0 Å². The Morgan fingerprint density at radius 2 is 1.79 bits per heavy atom. The quantitative estimate of drug-likeness (QED) is 0.378. The summed E-state index contributed by atoms with van der Waals surface area (Å²) in [6.07, 6.45) is 6.82. The van der Waals surface area contributed by atoms with Gasteiger partial charge in [-0.25, -0.2) is 0 Å². The molecule has 0 aromatic heterocycles. The molecule has 3 atom stereocenters. The fourth-order valence-corrected chi connectivity index (χ4v) is 4.02. The van der Waals surface area contributed by atoms with Gasteiger partial charge in [-0.3, -0.25) is 0 Å². The topological polar surface area (TPSA) is 49.9 Å². The summed E-state index contributed by atoms with van der Waals surface area (Å²) in [4.78, 5) is 0. The van der Waals surface area contributed by atoms with E-state index in [1.165, 1.54) is 29.5 Å². The lowest BCUT2D eigenvalue weighted by molar-refractivity contribution is 0.474. The number of hydrogen-bond acceptors (Lipinski definition) is 2. The van der Waals surface area contributed by atoms with Crippen LogP contribution >= 0.6 is 0 Å². The van der Waals surface area contributed by atoms with E-state index < -0.39 is 0 Å². The van der Waals surface area contributed by atoms with Crippen LogP contribution in [0.1, 0.15) is 80.0 Å². The molecule has 2 rings (SSSR count). The van der Waals surface area contributed by atoms with E-state index in [2.05, 4.69) is 62.1 Å². The Balaban J connectivity index is 2.04. The maximum Gasteiger partial charge on any atom is 0.0277 e. The lowest BCUT2D eigenvalue weighted by Gasteiger charge is -2.22. The van der Waals surface area contributed by atoms with E-state index >= 15 is 0 Å². The zero-order valence-corrected chi connectivity index (χ0v) is 17.5. The molecule has 0 bridgehead atoms. The van der Waals surface area contributed by atoms with Gasteiger partial charge in [0.05, 0.1) is 0 Å². The smallest absolute Gasteiger partial charge is 0.0277 e. The van der Waals surface area contributed by atoms with Crippen LogP contribution in [-0.4, -0.2) is 12.3 Å². The van der Waals surface area contributed by atoms with Crippen molar-refractivity contribution in [2.45, 2.75) is 70.8 Å². The Labute approximate surface area is 171 Å². The van der Waals surface area contributed by atoms with E-state index in [1.54, 1.807) is 6.21 Å². The van der Waals surface area contributed by atoms with Gasteiger partial charge in [-0.2, -0.15) is 0 Å². The fraction of sp³-hybridized carbons (Fsp3) is 0.423. The second-order valence-electron chi connectivity index (χ2n) is 7.64. The molecule has 3 N–H and O–H groups in total. The van der Waals surface area contributed by atoms with Gasteiger partial charge in [0.25, 0.3) is 0 Å². The highest BCUT2D eigenvalue weighted by Gasteiger charge is 2.18. The third kappa shape index (κ3) is 6.08. The van der Waals surface area contributed by atoms with Gasteiger partial charge in [0, 0.05) is 23.7 Å². The van der Waals surface area contributed by atoms with Crippen molar-refractivity contribution >= 4 is 6.21 Å². The molecule has 2 nitrogen and oxygen atoms in total. The van der Waals surface area contributed by atoms with Gasteiger partial charge >= 0.3 is 0 Å². The molecule has 148 valence electrons. The van der Waals surface area contributed by atoms with Crippen molar-refractivity contribution in [2.75, 3.05) is 0 Å². The normalized spacial score (nSPS) is 13.9. The number of nitrogens with one attached hydrogen (secondary N) is 1. The first kappa shape index (κ1) is 21.9. The minimum Gasteiger partial charge on any atom is -0.328 e. The van der Waals surface area contributed by atoms with Crippen molar-refractivity contribution in [3.05, 3.63) is 70.8 Å². The van der Waals surface area contributed by atoms with Gasteiger partial charge in [-0.05, 0) is 68.2 Å². The van der Waals surface area contributed by atoms with Gasteiger partial charge in [0.2, 0.25) is 0 Å². The second-order valence-corrected chi connectivity index (χ2v) is 7.64. The number of rotatable bonds is 10. The maximum atomic E-state index is 7.96. The van der Waals surface area contributed by atoms with Crippen molar-refractivity contribution in [3.8, 4) is 11.8 Å². The highest BCUT2D eigenvalue weighted by atomic mass is 14.6. The van der Waals surface area contributed by atoms with E-state index in [-0.39, 0.29) is 12.0 Å². The SMILES string of the molecule is CC#Cc1cccc(C(C=N)CC(N)CCC(CCC)c2ccccc2)c1C. The van der Waals surface area contributed by atoms with Crippen LogP contribution in [0, 0.1) is 24.2 Å². The number of hydrogen-bond donors (Lipinski definition) is 2. The Hall–Kier alpha value is -2.37. The molecule has 0 saturated heterocycles. The standard InChI is InChI=1S/C26H34N2/c1-4-10-21-14-9-15-26(20(21)3)24(19-27)18-25(28)17-16-22(11-5-2)23-12-7-6-8-13-23/h6-9,12-15,19,22,24-25,27H,5,11,16-18,28H2,1-3H3. The summed E-state index contributed by atoms with van der Waals surface area (Å²) in [5.41, 5.74) is 11.3. The summed E-state index contributed by atoms with van der Waals surface area (Å²) in [6.45, 7) is 6.20. The highest BCUT2D eigenvalue weighted by Crippen LogP contribution is 2.29. The minimum absolute atomic E-state index is 0.0509. The van der Waals surface area contributed by atoms with Crippen LogP contribution in [0.15, 0.2) is 48.5 Å². The summed E-state index contributed by atoms with van der Waals surface area (Å²) in [5.74, 6) is 6.76. The predicted octanol–water partition coefficient (Wildman–Crippen LogP) is 6.18. The molecule has 0 saturated carbocycles. The molecule has 0 aliphatic heterocycles. The first-order valence-electron chi connectivity index (χ1n) is 10.4. The summed E-state index contributed by atoms with van der Waals surface area (Å²) >= 11 is 0. The largest absolute Gasteiger partial charge is 0.328 e. The molecule has 2 aromatic rings. The van der Waals surface area contributed by atoms with Gasteiger partial charge in [-0.15, -0.1) is 5.92 Å². The van der Waals surface area contributed by atoms with E-state index in [9.17, 15) is 0 Å². The second kappa shape index (κ2) is 11.5. The Kier molecular flexibility index (Phi) is 8.98. The lowest BCUT2D eigenvalue weighted by atomic mass is 9.84. The molecule has 28 heavy (non-hydrogen) atoms. The minimum atomic E-state index is 0.0509. The zero-order chi connectivity index (χ0) is 20.4. The van der Waals surface area contributed by atoms with Crippen molar-refractivity contribution in [3.63, 3.8) is 0 Å². The molecule has 2 heteroatoms. The van der Waals surface area contributed by atoms with E-state index in [0.717, 1.165) is 24.8 Å². The Morgan fingerprint density at radius 1 is 1.04 bits per heavy atom. The molecule has 3 unspecified atom stereocenters. The average Bonchev–Trinajstić information content (AvgIpc) is 2.72. The van der Waals surface area contributed by atoms with Crippen LogP contribution in [-0.2, 0) is 0 Å². The maximum absolute atomic E-state index is 7.96. The molecule has 0 aliphatic rings. The van der Waals surface area contributed by atoms with E-state index in [0.29, 0.717) is 5.92 Å². The Morgan fingerprint density at radius 3 is 2.43 bits per heavy atom. The number of benzene rings is 2. The van der Waals surface area contributed by atoms with Crippen molar-refractivity contribution in [1.29, 1.82) is 5.41 Å². The van der Waals surface area contributed by atoms with Crippen molar-refractivity contribution in [1.82, 2.24) is 0 Å². The van der Waals surface area contributed by atoms with Crippen LogP contribution in [0.2, 0.25) is 0 Å². The van der Waals surface area contributed by atoms with Gasteiger partial charge < -0.3 is 11.1 Å². The summed E-state index contributed by atoms with van der Waals surface area (Å²) in [7, 11) is 0. The molecule has 0 heterocycles. The first-order chi connectivity index (χ1) is 13.6. The highest BCUT2D eigenvalue weighted by molar-refractivity contribution is 5.67. The summed E-state index contributed by atoms with van der Waals surface area (Å²) in [5, 5.41) is 7.96. The zero-order valence-electron chi connectivity index (χ0n) is 17.5. The van der Waals surface area contributed by atoms with Crippen LogP contribution in [0.25, 0.3) is 0 Å². The summed E-state index contributed by atoms with van der Waals surface area (Å²) < 4.78 is 0. The molecular weight excluding hydrogens is 340 g/mol. The third-order valence-corrected chi connectivity index (χ3v) is 5.59. The lowest BCUT2D eigenvalue weighted by Crippen LogP contribution is -2.24. The summed E-state index contributed by atoms with van der Waals surface area (Å²) in [6, 6.07) is 17.1. The predicted molar refractivity (Wildman–Crippen MR) is 121 cm³/mol. The molecule has 0 aliphatic carbocycles. The van der Waals surface area contributed by atoms with Crippen LogP contribution in [0.4, 0.5) is 0 Å². The first-order valence-corrected chi connectivity index (χ1v) is 10.4. The van der Waals surface area contributed by atoms with E-state index in [1.807, 2.05) is 19.1 Å². The molecule has 2 aromatic carbocycles. The van der Waals surface area contributed by atoms with Crippen LogP contribution in [0.5, 0.6) is 0 Å². The van der Waals surface area contributed by atoms with Crippen molar-refractivity contribution in [2.24, 2.45) is 5.73 Å². The fourth-order valence-electron chi connectivity index (χ4n) is 4.02.